The van der Waals surface area contributed by atoms with Crippen molar-refractivity contribution < 1.29 is 9.90 Å². The molecule has 1 aromatic rings. The Hall–Kier alpha value is -1.39. The van der Waals surface area contributed by atoms with Crippen molar-refractivity contribution in [2.24, 2.45) is 0 Å². The summed E-state index contributed by atoms with van der Waals surface area (Å²) in [7, 11) is 0. The molecule has 0 bridgehead atoms. The average molecular weight is 262 g/mol. The minimum atomic E-state index is -0.765. The summed E-state index contributed by atoms with van der Waals surface area (Å²) in [6, 6.07) is 7.46. The van der Waals surface area contributed by atoms with E-state index in [0.717, 1.165) is 31.7 Å². The molecule has 1 saturated heterocycles. The van der Waals surface area contributed by atoms with Gasteiger partial charge in [0.25, 0.3) is 0 Å². The summed E-state index contributed by atoms with van der Waals surface area (Å²) in [4.78, 5) is 13.6. The molecule has 1 aliphatic heterocycles. The molecule has 19 heavy (non-hydrogen) atoms. The molecule has 2 rings (SSSR count). The van der Waals surface area contributed by atoms with Crippen LogP contribution >= 0.6 is 0 Å². The summed E-state index contributed by atoms with van der Waals surface area (Å²) in [6.45, 7) is 7.55. The van der Waals surface area contributed by atoms with Gasteiger partial charge in [-0.15, -0.1) is 0 Å². The number of aliphatic carboxylic acids is 1. The summed E-state index contributed by atoms with van der Waals surface area (Å²) in [6.07, 6.45) is 0. The molecule has 0 aliphatic carbocycles. The minimum Gasteiger partial charge on any atom is -0.480 e. The van der Waals surface area contributed by atoms with E-state index in [0.29, 0.717) is 5.92 Å². The maximum atomic E-state index is 11.6. The van der Waals surface area contributed by atoms with Crippen LogP contribution in [0, 0.1) is 0 Å². The Morgan fingerprint density at radius 3 is 2.16 bits per heavy atom. The van der Waals surface area contributed by atoms with Crippen LogP contribution in [0.3, 0.4) is 0 Å². The first-order chi connectivity index (χ1) is 9.09. The molecule has 1 atom stereocenters. The number of carbonyl (C=O) groups is 1. The molecule has 0 amide bonds. The summed E-state index contributed by atoms with van der Waals surface area (Å²) < 4.78 is 0. The van der Waals surface area contributed by atoms with E-state index in [-0.39, 0.29) is 0 Å². The standard InChI is InChI=1S/C15H22N2O2/c1-11(2)12-3-5-13(6-4-12)14(15(18)19)17-9-7-16-8-10-17/h3-6,11,14,16H,7-10H2,1-2H3,(H,18,19). The van der Waals surface area contributed by atoms with Crippen LogP contribution in [0.4, 0.5) is 0 Å². The van der Waals surface area contributed by atoms with Crippen LogP contribution in [-0.2, 0) is 4.79 Å². The lowest BCUT2D eigenvalue weighted by Crippen LogP contribution is -2.47. The topological polar surface area (TPSA) is 52.6 Å². The zero-order valence-electron chi connectivity index (χ0n) is 11.6. The highest BCUT2D eigenvalue weighted by molar-refractivity contribution is 5.75. The number of nitrogens with zero attached hydrogens (tertiary/aromatic N) is 1. The first-order valence-electron chi connectivity index (χ1n) is 6.87. The van der Waals surface area contributed by atoms with Crippen molar-refractivity contribution in [3.05, 3.63) is 35.4 Å². The second-order valence-electron chi connectivity index (χ2n) is 5.35. The fourth-order valence-electron chi connectivity index (χ4n) is 2.51. The Bertz CT molecular complexity index is 422. The third-order valence-corrected chi connectivity index (χ3v) is 3.67. The fraction of sp³-hybridized carbons (Fsp3) is 0.533. The third-order valence-electron chi connectivity index (χ3n) is 3.67. The molecule has 1 aliphatic rings. The van der Waals surface area contributed by atoms with E-state index in [1.807, 2.05) is 29.2 Å². The van der Waals surface area contributed by atoms with Gasteiger partial charge in [-0.25, -0.2) is 0 Å². The molecular weight excluding hydrogens is 240 g/mol. The highest BCUT2D eigenvalue weighted by Gasteiger charge is 2.28. The quantitative estimate of drug-likeness (QED) is 0.869. The van der Waals surface area contributed by atoms with Gasteiger partial charge in [-0.1, -0.05) is 38.1 Å². The van der Waals surface area contributed by atoms with Crippen molar-refractivity contribution in [1.29, 1.82) is 0 Å². The number of rotatable bonds is 4. The smallest absolute Gasteiger partial charge is 0.325 e. The van der Waals surface area contributed by atoms with Gasteiger partial charge in [0.15, 0.2) is 0 Å². The fourth-order valence-corrected chi connectivity index (χ4v) is 2.51. The van der Waals surface area contributed by atoms with Crippen LogP contribution in [0.2, 0.25) is 0 Å². The van der Waals surface area contributed by atoms with Gasteiger partial charge in [-0.2, -0.15) is 0 Å². The third kappa shape index (κ3) is 3.33. The highest BCUT2D eigenvalue weighted by Crippen LogP contribution is 2.24. The molecule has 0 spiro atoms. The molecule has 0 saturated carbocycles. The van der Waals surface area contributed by atoms with Crippen molar-refractivity contribution in [1.82, 2.24) is 10.2 Å². The second kappa shape index (κ2) is 6.17. The van der Waals surface area contributed by atoms with Gasteiger partial charge in [-0.05, 0) is 17.0 Å². The van der Waals surface area contributed by atoms with Crippen molar-refractivity contribution in [3.8, 4) is 0 Å². The number of piperazine rings is 1. The van der Waals surface area contributed by atoms with Crippen molar-refractivity contribution in [3.63, 3.8) is 0 Å². The van der Waals surface area contributed by atoms with Crippen LogP contribution in [0.25, 0.3) is 0 Å². The molecule has 1 unspecified atom stereocenters. The lowest BCUT2D eigenvalue weighted by molar-refractivity contribution is -0.143. The number of benzene rings is 1. The van der Waals surface area contributed by atoms with Crippen LogP contribution in [-0.4, -0.2) is 42.2 Å². The number of nitrogens with one attached hydrogen (secondary N) is 1. The lowest BCUT2D eigenvalue weighted by atomic mass is 9.98. The number of carboxylic acids is 1. The van der Waals surface area contributed by atoms with Gasteiger partial charge in [0.2, 0.25) is 0 Å². The van der Waals surface area contributed by atoms with Gasteiger partial charge >= 0.3 is 5.97 Å². The zero-order valence-corrected chi connectivity index (χ0v) is 11.6. The summed E-state index contributed by atoms with van der Waals surface area (Å²) in [5, 5.41) is 12.7. The van der Waals surface area contributed by atoms with E-state index in [2.05, 4.69) is 19.2 Å². The monoisotopic (exact) mass is 262 g/mol. The Kier molecular flexibility index (Phi) is 4.56. The molecule has 2 N–H and O–H groups in total. The predicted octanol–water partition coefficient (Wildman–Crippen LogP) is 1.84. The Morgan fingerprint density at radius 1 is 1.16 bits per heavy atom. The van der Waals surface area contributed by atoms with Gasteiger partial charge < -0.3 is 10.4 Å². The number of hydrogen-bond donors (Lipinski definition) is 2. The molecule has 0 radical (unpaired) electrons. The number of carboxylic acid groups (broad SMARTS) is 1. The Labute approximate surface area is 114 Å². The van der Waals surface area contributed by atoms with E-state index >= 15 is 0 Å². The maximum Gasteiger partial charge on any atom is 0.325 e. The van der Waals surface area contributed by atoms with E-state index in [9.17, 15) is 9.90 Å². The van der Waals surface area contributed by atoms with E-state index in [1.165, 1.54) is 5.56 Å². The number of hydrogen-bond acceptors (Lipinski definition) is 3. The highest BCUT2D eigenvalue weighted by atomic mass is 16.4. The van der Waals surface area contributed by atoms with E-state index in [1.54, 1.807) is 0 Å². The molecule has 0 aromatic heterocycles. The van der Waals surface area contributed by atoms with Crippen molar-refractivity contribution in [2.75, 3.05) is 26.2 Å². The van der Waals surface area contributed by atoms with Gasteiger partial charge in [0.1, 0.15) is 6.04 Å². The lowest BCUT2D eigenvalue weighted by Gasteiger charge is -2.32. The Balaban J connectivity index is 2.20. The summed E-state index contributed by atoms with van der Waals surface area (Å²) in [5.41, 5.74) is 2.12. The normalized spacial score (nSPS) is 18.5. The molecular formula is C15H22N2O2. The first kappa shape index (κ1) is 14.0. The minimum absolute atomic E-state index is 0.469. The summed E-state index contributed by atoms with van der Waals surface area (Å²) in [5.74, 6) is -0.296. The molecule has 1 heterocycles. The van der Waals surface area contributed by atoms with Gasteiger partial charge in [0.05, 0.1) is 0 Å². The molecule has 1 aromatic carbocycles. The van der Waals surface area contributed by atoms with Crippen LogP contribution in [0.5, 0.6) is 0 Å². The molecule has 4 nitrogen and oxygen atoms in total. The maximum absolute atomic E-state index is 11.6. The van der Waals surface area contributed by atoms with Crippen molar-refractivity contribution in [2.45, 2.75) is 25.8 Å². The van der Waals surface area contributed by atoms with Crippen LogP contribution in [0.1, 0.15) is 36.9 Å². The van der Waals surface area contributed by atoms with Gasteiger partial charge in [-0.3, -0.25) is 9.69 Å². The molecule has 4 heteroatoms. The molecule has 1 fully saturated rings. The summed E-state index contributed by atoms with van der Waals surface area (Å²) >= 11 is 0. The van der Waals surface area contributed by atoms with Gasteiger partial charge in [0, 0.05) is 26.2 Å². The molecule has 104 valence electrons. The second-order valence-corrected chi connectivity index (χ2v) is 5.35. The van der Waals surface area contributed by atoms with Crippen LogP contribution < -0.4 is 5.32 Å². The average Bonchev–Trinajstić information content (AvgIpc) is 2.40. The van der Waals surface area contributed by atoms with Crippen LogP contribution in [0.15, 0.2) is 24.3 Å². The predicted molar refractivity (Wildman–Crippen MR) is 75.4 cm³/mol. The largest absolute Gasteiger partial charge is 0.480 e. The van der Waals surface area contributed by atoms with E-state index in [4.69, 9.17) is 0 Å². The zero-order chi connectivity index (χ0) is 13.8. The van der Waals surface area contributed by atoms with E-state index < -0.39 is 12.0 Å². The SMILES string of the molecule is CC(C)c1ccc(C(C(=O)O)N2CCNCC2)cc1. The van der Waals surface area contributed by atoms with Crippen molar-refractivity contribution >= 4 is 5.97 Å². The Morgan fingerprint density at radius 2 is 1.68 bits per heavy atom. The first-order valence-corrected chi connectivity index (χ1v) is 6.87.